The molecule has 0 fully saturated rings. The Kier molecular flexibility index (Phi) is 18.2. The fourth-order valence-corrected chi connectivity index (χ4v) is 2.70. The van der Waals surface area contributed by atoms with E-state index in [-0.39, 0.29) is 13.0 Å². The number of allylic oxidation sites excluding steroid dienone is 4. The summed E-state index contributed by atoms with van der Waals surface area (Å²) >= 11 is 0. The van der Waals surface area contributed by atoms with E-state index in [1.807, 2.05) is 0 Å². The highest BCUT2D eigenvalue weighted by Crippen LogP contribution is 2.11. The zero-order valence-electron chi connectivity index (χ0n) is 15.7. The van der Waals surface area contributed by atoms with Gasteiger partial charge in [0.1, 0.15) is 0 Å². The minimum Gasteiger partial charge on any atom is -0.394 e. The van der Waals surface area contributed by atoms with E-state index in [9.17, 15) is 10.2 Å². The molecule has 24 heavy (non-hydrogen) atoms. The van der Waals surface area contributed by atoms with Gasteiger partial charge in [-0.3, -0.25) is 0 Å². The van der Waals surface area contributed by atoms with Crippen LogP contribution < -0.4 is 0 Å². The average molecular weight is 341 g/mol. The highest BCUT2D eigenvalue weighted by atomic mass is 16.3. The highest BCUT2D eigenvalue weighted by molar-refractivity contribution is 4.92. The van der Waals surface area contributed by atoms with Crippen molar-refractivity contribution in [2.24, 2.45) is 0 Å². The zero-order valence-corrected chi connectivity index (χ0v) is 15.7. The maximum atomic E-state index is 9.67. The quantitative estimate of drug-likeness (QED) is 0.260. The van der Waals surface area contributed by atoms with Gasteiger partial charge in [0.05, 0.1) is 18.8 Å². The van der Waals surface area contributed by atoms with E-state index in [0.29, 0.717) is 0 Å². The standard InChI is InChI=1S/C21H40O3/c1-2-3-4-5-6-7-8-9-10-11-12-13-14-15-16-17-20(23)18-21(24)19-22/h6-7,9-10,20-24H,2-5,8,11-19H2,1H3/b7-6+,10-9+. The van der Waals surface area contributed by atoms with Gasteiger partial charge in [-0.15, -0.1) is 0 Å². The molecule has 0 spiro atoms. The summed E-state index contributed by atoms with van der Waals surface area (Å²) in [5.41, 5.74) is 0. The Morgan fingerprint density at radius 1 is 0.708 bits per heavy atom. The summed E-state index contributed by atoms with van der Waals surface area (Å²) in [6.07, 6.45) is 22.1. The molecule has 0 aromatic rings. The molecular weight excluding hydrogens is 300 g/mol. The van der Waals surface area contributed by atoms with Crippen molar-refractivity contribution < 1.29 is 15.3 Å². The van der Waals surface area contributed by atoms with Crippen LogP contribution in [-0.4, -0.2) is 34.1 Å². The van der Waals surface area contributed by atoms with Gasteiger partial charge >= 0.3 is 0 Å². The minimum atomic E-state index is -0.780. The summed E-state index contributed by atoms with van der Waals surface area (Å²) in [5.74, 6) is 0. The first-order valence-corrected chi connectivity index (χ1v) is 9.97. The third kappa shape index (κ3) is 17.7. The van der Waals surface area contributed by atoms with Crippen LogP contribution in [-0.2, 0) is 0 Å². The van der Waals surface area contributed by atoms with Crippen molar-refractivity contribution in [2.75, 3.05) is 6.61 Å². The van der Waals surface area contributed by atoms with Crippen LogP contribution in [0.15, 0.2) is 24.3 Å². The van der Waals surface area contributed by atoms with Gasteiger partial charge in [0.15, 0.2) is 0 Å². The van der Waals surface area contributed by atoms with Gasteiger partial charge in [-0.1, -0.05) is 69.8 Å². The summed E-state index contributed by atoms with van der Waals surface area (Å²) in [7, 11) is 0. The lowest BCUT2D eigenvalue weighted by atomic mass is 10.0. The lowest BCUT2D eigenvalue weighted by Gasteiger charge is -2.13. The Balaban J connectivity index is 3.28. The van der Waals surface area contributed by atoms with Gasteiger partial charge in [0, 0.05) is 6.42 Å². The number of aliphatic hydroxyl groups excluding tert-OH is 3. The molecule has 0 heterocycles. The molecule has 0 saturated carbocycles. The van der Waals surface area contributed by atoms with Gasteiger partial charge in [-0.2, -0.15) is 0 Å². The molecule has 0 aliphatic carbocycles. The predicted octanol–water partition coefficient (Wildman–Crippen LogP) is 4.90. The Morgan fingerprint density at radius 3 is 1.92 bits per heavy atom. The minimum absolute atomic E-state index is 0.265. The normalized spacial score (nSPS) is 14.7. The van der Waals surface area contributed by atoms with Crippen LogP contribution in [0.4, 0.5) is 0 Å². The molecule has 3 heteroatoms. The third-order valence-corrected chi connectivity index (χ3v) is 4.24. The first kappa shape index (κ1) is 23.4. The molecule has 0 aliphatic heterocycles. The van der Waals surface area contributed by atoms with Crippen molar-refractivity contribution in [1.82, 2.24) is 0 Å². The highest BCUT2D eigenvalue weighted by Gasteiger charge is 2.10. The van der Waals surface area contributed by atoms with Crippen molar-refractivity contribution in [3.63, 3.8) is 0 Å². The van der Waals surface area contributed by atoms with Crippen molar-refractivity contribution in [3.8, 4) is 0 Å². The summed E-state index contributed by atoms with van der Waals surface area (Å²) < 4.78 is 0. The van der Waals surface area contributed by atoms with Crippen molar-refractivity contribution >= 4 is 0 Å². The van der Waals surface area contributed by atoms with Crippen LogP contribution in [0.25, 0.3) is 0 Å². The maximum Gasteiger partial charge on any atom is 0.0795 e. The molecule has 0 bridgehead atoms. The summed E-state index contributed by atoms with van der Waals surface area (Å²) in [5, 5.41) is 27.6. The van der Waals surface area contributed by atoms with Gasteiger partial charge in [0.2, 0.25) is 0 Å². The van der Waals surface area contributed by atoms with Crippen LogP contribution in [0, 0.1) is 0 Å². The van der Waals surface area contributed by atoms with Crippen molar-refractivity contribution in [1.29, 1.82) is 0 Å². The molecule has 3 N–H and O–H groups in total. The molecular formula is C21H40O3. The van der Waals surface area contributed by atoms with E-state index in [4.69, 9.17) is 5.11 Å². The molecule has 0 aromatic carbocycles. The second-order valence-corrected chi connectivity index (χ2v) is 6.75. The first-order valence-electron chi connectivity index (χ1n) is 9.97. The van der Waals surface area contributed by atoms with Gasteiger partial charge in [-0.05, 0) is 38.5 Å². The smallest absolute Gasteiger partial charge is 0.0795 e. The van der Waals surface area contributed by atoms with Gasteiger partial charge < -0.3 is 15.3 Å². The largest absolute Gasteiger partial charge is 0.394 e. The van der Waals surface area contributed by atoms with Crippen molar-refractivity contribution in [3.05, 3.63) is 24.3 Å². The van der Waals surface area contributed by atoms with Gasteiger partial charge in [0.25, 0.3) is 0 Å². The van der Waals surface area contributed by atoms with Crippen LogP contribution in [0.3, 0.4) is 0 Å². The van der Waals surface area contributed by atoms with Crippen LogP contribution in [0.5, 0.6) is 0 Å². The van der Waals surface area contributed by atoms with Gasteiger partial charge in [-0.25, -0.2) is 0 Å². The number of aliphatic hydroxyl groups is 3. The summed E-state index contributed by atoms with van der Waals surface area (Å²) in [4.78, 5) is 0. The Hall–Kier alpha value is -0.640. The van der Waals surface area contributed by atoms with Crippen LogP contribution in [0.2, 0.25) is 0 Å². The van der Waals surface area contributed by atoms with Crippen LogP contribution in [0.1, 0.15) is 90.4 Å². The first-order chi connectivity index (χ1) is 11.7. The number of rotatable bonds is 17. The van der Waals surface area contributed by atoms with E-state index >= 15 is 0 Å². The molecule has 2 unspecified atom stereocenters. The lowest BCUT2D eigenvalue weighted by Crippen LogP contribution is -2.20. The fourth-order valence-electron chi connectivity index (χ4n) is 2.70. The van der Waals surface area contributed by atoms with E-state index < -0.39 is 12.2 Å². The second-order valence-electron chi connectivity index (χ2n) is 6.75. The molecule has 0 amide bonds. The SMILES string of the molecule is CCCCC/C=C/C/C=C/CCCCCCCC(O)CC(O)CO. The van der Waals surface area contributed by atoms with E-state index in [1.165, 1.54) is 44.9 Å². The fraction of sp³-hybridized carbons (Fsp3) is 0.810. The number of hydrogen-bond donors (Lipinski definition) is 3. The molecule has 0 aromatic heterocycles. The molecule has 3 nitrogen and oxygen atoms in total. The lowest BCUT2D eigenvalue weighted by molar-refractivity contribution is 0.0380. The van der Waals surface area contributed by atoms with Crippen LogP contribution >= 0.6 is 0 Å². The average Bonchev–Trinajstić information content (AvgIpc) is 2.58. The van der Waals surface area contributed by atoms with E-state index in [1.54, 1.807) is 0 Å². The molecule has 0 saturated heterocycles. The molecule has 0 rings (SSSR count). The summed E-state index contributed by atoms with van der Waals surface area (Å²) in [6.45, 7) is 1.97. The Labute approximate surface area is 149 Å². The van der Waals surface area contributed by atoms with Crippen molar-refractivity contribution in [2.45, 2.75) is 103 Å². The molecule has 0 aliphatic rings. The second kappa shape index (κ2) is 18.7. The summed E-state index contributed by atoms with van der Waals surface area (Å²) in [6, 6.07) is 0. The molecule has 142 valence electrons. The van der Waals surface area contributed by atoms with E-state index in [2.05, 4.69) is 31.2 Å². The predicted molar refractivity (Wildman–Crippen MR) is 103 cm³/mol. The monoisotopic (exact) mass is 340 g/mol. The third-order valence-electron chi connectivity index (χ3n) is 4.24. The zero-order chi connectivity index (χ0) is 17.9. The topological polar surface area (TPSA) is 60.7 Å². The Bertz CT molecular complexity index is 299. The number of unbranched alkanes of at least 4 members (excludes halogenated alkanes) is 8. The van der Waals surface area contributed by atoms with E-state index in [0.717, 1.165) is 32.1 Å². The number of hydrogen-bond acceptors (Lipinski definition) is 3. The Morgan fingerprint density at radius 2 is 1.29 bits per heavy atom. The molecule has 0 radical (unpaired) electrons. The molecule has 2 atom stereocenters. The maximum absolute atomic E-state index is 9.67.